The summed E-state index contributed by atoms with van der Waals surface area (Å²) in [5, 5.41) is 6.15. The van der Waals surface area contributed by atoms with Crippen molar-refractivity contribution in [2.45, 2.75) is 19.4 Å². The standard InChI is InChI=1S/C11H19N5O2/c1-7(8-4-5-18-6-8)13-10-14-9(12-2)15-11(16-10)17-3/h7-8H,4-6H2,1-3H3,(H2,12,13,14,15,16). The lowest BCUT2D eigenvalue weighted by molar-refractivity contribution is 0.183. The number of nitrogens with one attached hydrogen (secondary N) is 2. The molecule has 1 aromatic heterocycles. The van der Waals surface area contributed by atoms with Gasteiger partial charge >= 0.3 is 6.01 Å². The quantitative estimate of drug-likeness (QED) is 0.801. The molecule has 7 heteroatoms. The Morgan fingerprint density at radius 3 is 2.72 bits per heavy atom. The van der Waals surface area contributed by atoms with Gasteiger partial charge in [-0.3, -0.25) is 0 Å². The molecule has 2 N–H and O–H groups in total. The average Bonchev–Trinajstić information content (AvgIpc) is 2.92. The van der Waals surface area contributed by atoms with Gasteiger partial charge in [-0.25, -0.2) is 0 Å². The molecule has 0 spiro atoms. The lowest BCUT2D eigenvalue weighted by Gasteiger charge is -2.19. The van der Waals surface area contributed by atoms with Gasteiger partial charge in [0, 0.05) is 25.6 Å². The second kappa shape index (κ2) is 5.81. The molecule has 0 radical (unpaired) electrons. The lowest BCUT2D eigenvalue weighted by atomic mass is 10.0. The zero-order chi connectivity index (χ0) is 13.0. The van der Waals surface area contributed by atoms with Crippen LogP contribution in [0.3, 0.4) is 0 Å². The van der Waals surface area contributed by atoms with E-state index in [-0.39, 0.29) is 6.04 Å². The maximum Gasteiger partial charge on any atom is 0.322 e. The minimum atomic E-state index is 0.254. The molecule has 7 nitrogen and oxygen atoms in total. The summed E-state index contributed by atoms with van der Waals surface area (Å²) >= 11 is 0. The summed E-state index contributed by atoms with van der Waals surface area (Å²) in [6, 6.07) is 0.552. The Kier molecular flexibility index (Phi) is 4.14. The summed E-state index contributed by atoms with van der Waals surface area (Å²) < 4.78 is 10.4. The third kappa shape index (κ3) is 2.98. The Balaban J connectivity index is 2.07. The normalized spacial score (nSPS) is 20.5. The van der Waals surface area contributed by atoms with E-state index in [0.29, 0.717) is 23.8 Å². The molecule has 1 fully saturated rings. The molecule has 0 aliphatic carbocycles. The van der Waals surface area contributed by atoms with Gasteiger partial charge < -0.3 is 20.1 Å². The molecule has 2 rings (SSSR count). The van der Waals surface area contributed by atoms with Crippen LogP contribution in [0.2, 0.25) is 0 Å². The molecule has 18 heavy (non-hydrogen) atoms. The zero-order valence-corrected chi connectivity index (χ0v) is 10.9. The van der Waals surface area contributed by atoms with E-state index in [9.17, 15) is 0 Å². The van der Waals surface area contributed by atoms with Crippen LogP contribution in [0.4, 0.5) is 11.9 Å². The van der Waals surface area contributed by atoms with Gasteiger partial charge in [0.25, 0.3) is 0 Å². The molecule has 0 saturated carbocycles. The number of hydrogen-bond donors (Lipinski definition) is 2. The van der Waals surface area contributed by atoms with Crippen molar-refractivity contribution in [2.24, 2.45) is 5.92 Å². The van der Waals surface area contributed by atoms with Crippen LogP contribution in [0.5, 0.6) is 6.01 Å². The first-order chi connectivity index (χ1) is 8.72. The third-order valence-corrected chi connectivity index (χ3v) is 3.05. The largest absolute Gasteiger partial charge is 0.467 e. The molecule has 0 aromatic carbocycles. The van der Waals surface area contributed by atoms with Crippen LogP contribution in [0, 0.1) is 5.92 Å². The molecule has 0 amide bonds. The van der Waals surface area contributed by atoms with Crippen molar-refractivity contribution in [1.29, 1.82) is 0 Å². The number of aromatic nitrogens is 3. The average molecular weight is 253 g/mol. The first-order valence-electron chi connectivity index (χ1n) is 6.05. The van der Waals surface area contributed by atoms with Gasteiger partial charge in [-0.15, -0.1) is 0 Å². The predicted molar refractivity (Wildman–Crippen MR) is 67.9 cm³/mol. The van der Waals surface area contributed by atoms with Crippen LogP contribution in [0.15, 0.2) is 0 Å². The summed E-state index contributed by atoms with van der Waals surface area (Å²) in [4.78, 5) is 12.5. The van der Waals surface area contributed by atoms with E-state index in [1.54, 1.807) is 7.05 Å². The zero-order valence-electron chi connectivity index (χ0n) is 10.9. The summed E-state index contributed by atoms with van der Waals surface area (Å²) in [7, 11) is 3.29. The van der Waals surface area contributed by atoms with E-state index in [1.807, 2.05) is 0 Å². The Morgan fingerprint density at radius 2 is 2.11 bits per heavy atom. The fraction of sp³-hybridized carbons (Fsp3) is 0.727. The van der Waals surface area contributed by atoms with Gasteiger partial charge in [-0.2, -0.15) is 15.0 Å². The van der Waals surface area contributed by atoms with Crippen LogP contribution in [-0.2, 0) is 4.74 Å². The third-order valence-electron chi connectivity index (χ3n) is 3.05. The highest BCUT2D eigenvalue weighted by Crippen LogP contribution is 2.19. The van der Waals surface area contributed by atoms with Crippen LogP contribution in [0.1, 0.15) is 13.3 Å². The summed E-state index contributed by atoms with van der Waals surface area (Å²) in [5.74, 6) is 1.50. The minimum Gasteiger partial charge on any atom is -0.467 e. The van der Waals surface area contributed by atoms with E-state index >= 15 is 0 Å². The fourth-order valence-electron chi connectivity index (χ4n) is 1.89. The van der Waals surface area contributed by atoms with Crippen LogP contribution in [-0.4, -0.2) is 48.4 Å². The highest BCUT2D eigenvalue weighted by atomic mass is 16.5. The van der Waals surface area contributed by atoms with Crippen molar-refractivity contribution in [3.8, 4) is 6.01 Å². The molecule has 1 saturated heterocycles. The van der Waals surface area contributed by atoms with Crippen molar-refractivity contribution >= 4 is 11.9 Å². The molecular formula is C11H19N5O2. The Labute approximate surface area is 106 Å². The number of ether oxygens (including phenoxy) is 2. The minimum absolute atomic E-state index is 0.254. The van der Waals surface area contributed by atoms with Gasteiger partial charge in [0.2, 0.25) is 11.9 Å². The molecular weight excluding hydrogens is 234 g/mol. The maximum absolute atomic E-state index is 5.38. The van der Waals surface area contributed by atoms with Crippen molar-refractivity contribution in [1.82, 2.24) is 15.0 Å². The van der Waals surface area contributed by atoms with E-state index in [2.05, 4.69) is 32.5 Å². The summed E-state index contributed by atoms with van der Waals surface area (Å²) in [6.07, 6.45) is 1.06. The topological polar surface area (TPSA) is 81.2 Å². The maximum atomic E-state index is 5.38. The molecule has 2 heterocycles. The number of nitrogens with zero attached hydrogens (tertiary/aromatic N) is 3. The molecule has 1 aliphatic rings. The lowest BCUT2D eigenvalue weighted by Crippen LogP contribution is -2.27. The molecule has 1 aromatic rings. The SMILES string of the molecule is CNc1nc(NC(C)C2CCOC2)nc(OC)n1. The highest BCUT2D eigenvalue weighted by molar-refractivity contribution is 5.36. The Hall–Kier alpha value is -1.63. The first kappa shape index (κ1) is 12.8. The number of hydrogen-bond acceptors (Lipinski definition) is 7. The Morgan fingerprint density at radius 1 is 1.33 bits per heavy atom. The number of anilines is 2. The number of methoxy groups -OCH3 is 1. The van der Waals surface area contributed by atoms with Gasteiger partial charge in [0.15, 0.2) is 0 Å². The molecule has 2 unspecified atom stereocenters. The van der Waals surface area contributed by atoms with Crippen LogP contribution >= 0.6 is 0 Å². The number of rotatable bonds is 5. The Bertz CT molecular complexity index is 373. The van der Waals surface area contributed by atoms with Crippen molar-refractivity contribution in [2.75, 3.05) is 38.0 Å². The van der Waals surface area contributed by atoms with Gasteiger partial charge in [-0.05, 0) is 13.3 Å². The summed E-state index contributed by atoms with van der Waals surface area (Å²) in [6.45, 7) is 3.73. The molecule has 2 atom stereocenters. The van der Waals surface area contributed by atoms with Crippen molar-refractivity contribution in [3.05, 3.63) is 0 Å². The second-order valence-electron chi connectivity index (χ2n) is 4.28. The first-order valence-corrected chi connectivity index (χ1v) is 6.05. The second-order valence-corrected chi connectivity index (χ2v) is 4.28. The van der Waals surface area contributed by atoms with Gasteiger partial charge in [-0.1, -0.05) is 0 Å². The molecule has 1 aliphatic heterocycles. The van der Waals surface area contributed by atoms with Crippen LogP contribution < -0.4 is 15.4 Å². The van der Waals surface area contributed by atoms with E-state index in [0.717, 1.165) is 19.6 Å². The van der Waals surface area contributed by atoms with E-state index < -0.39 is 0 Å². The smallest absolute Gasteiger partial charge is 0.322 e. The van der Waals surface area contributed by atoms with E-state index in [1.165, 1.54) is 7.11 Å². The fourth-order valence-corrected chi connectivity index (χ4v) is 1.89. The van der Waals surface area contributed by atoms with E-state index in [4.69, 9.17) is 9.47 Å². The highest BCUT2D eigenvalue weighted by Gasteiger charge is 2.23. The van der Waals surface area contributed by atoms with Crippen molar-refractivity contribution in [3.63, 3.8) is 0 Å². The van der Waals surface area contributed by atoms with Gasteiger partial charge in [0.05, 0.1) is 13.7 Å². The van der Waals surface area contributed by atoms with Gasteiger partial charge in [0.1, 0.15) is 0 Å². The van der Waals surface area contributed by atoms with Crippen molar-refractivity contribution < 1.29 is 9.47 Å². The summed E-state index contributed by atoms with van der Waals surface area (Å²) in [5.41, 5.74) is 0. The molecule has 100 valence electrons. The monoisotopic (exact) mass is 253 g/mol. The predicted octanol–water partition coefficient (Wildman–Crippen LogP) is 0.759. The van der Waals surface area contributed by atoms with Crippen LogP contribution in [0.25, 0.3) is 0 Å². The molecule has 0 bridgehead atoms.